The summed E-state index contributed by atoms with van der Waals surface area (Å²) in [5, 5.41) is 8.53. The van der Waals surface area contributed by atoms with E-state index in [2.05, 4.69) is 19.9 Å². The van der Waals surface area contributed by atoms with Crippen LogP contribution in [0.15, 0.2) is 60.2 Å². The minimum absolute atomic E-state index is 0.227. The summed E-state index contributed by atoms with van der Waals surface area (Å²) in [5.41, 5.74) is 1.50. The largest absolute Gasteiger partial charge is 0.349 e. The molecule has 2 heterocycles. The molecule has 2 amide bonds. The van der Waals surface area contributed by atoms with E-state index >= 15 is 0 Å². The number of amides is 2. The molecule has 0 aliphatic heterocycles. The molecular formula is C22H25N5O2S. The molecule has 156 valence electrons. The molecule has 30 heavy (non-hydrogen) atoms. The lowest BCUT2D eigenvalue weighted by Crippen LogP contribution is -2.49. The predicted molar refractivity (Wildman–Crippen MR) is 116 cm³/mol. The quantitative estimate of drug-likeness (QED) is 0.630. The number of hydrogen-bond donors (Lipinski definition) is 1. The van der Waals surface area contributed by atoms with Gasteiger partial charge in [-0.2, -0.15) is 0 Å². The van der Waals surface area contributed by atoms with Gasteiger partial charge in [-0.1, -0.05) is 40.9 Å². The number of nitrogens with zero attached hydrogens (tertiary/aromatic N) is 4. The lowest BCUT2D eigenvalue weighted by molar-refractivity contribution is -0.127. The van der Waals surface area contributed by atoms with E-state index in [1.165, 1.54) is 0 Å². The number of rotatable bonds is 7. The van der Waals surface area contributed by atoms with Gasteiger partial charge >= 0.3 is 0 Å². The Hall–Kier alpha value is -3.13. The smallest absolute Gasteiger partial charge is 0.276 e. The van der Waals surface area contributed by atoms with Gasteiger partial charge in [0.15, 0.2) is 5.69 Å². The van der Waals surface area contributed by atoms with Gasteiger partial charge in [-0.3, -0.25) is 14.6 Å². The SMILES string of the molecule is CC(C)(C)NC(=O)[C@H](c1cccnc1)N(CCc1ccccc1)C(=O)c1csnn1. The maximum atomic E-state index is 13.3. The number of hydrogen-bond acceptors (Lipinski definition) is 6. The molecule has 1 N–H and O–H groups in total. The Morgan fingerprint density at radius 2 is 1.90 bits per heavy atom. The second-order valence-corrected chi connectivity index (χ2v) is 8.56. The molecule has 8 heteroatoms. The summed E-state index contributed by atoms with van der Waals surface area (Å²) in [6.45, 7) is 6.07. The number of carbonyl (C=O) groups excluding carboxylic acids is 2. The first-order chi connectivity index (χ1) is 14.3. The van der Waals surface area contributed by atoms with Crippen LogP contribution in [-0.4, -0.2) is 43.4 Å². The first kappa shape index (κ1) is 21.6. The number of benzene rings is 1. The van der Waals surface area contributed by atoms with Gasteiger partial charge in [-0.15, -0.1) is 5.10 Å². The average molecular weight is 424 g/mol. The Balaban J connectivity index is 1.98. The topological polar surface area (TPSA) is 88.1 Å². The van der Waals surface area contributed by atoms with Crippen molar-refractivity contribution in [1.82, 2.24) is 24.8 Å². The Morgan fingerprint density at radius 3 is 2.50 bits per heavy atom. The van der Waals surface area contributed by atoms with E-state index in [9.17, 15) is 9.59 Å². The van der Waals surface area contributed by atoms with Crippen LogP contribution in [0.2, 0.25) is 0 Å². The molecule has 1 atom stereocenters. The van der Waals surface area contributed by atoms with Gasteiger partial charge < -0.3 is 10.2 Å². The van der Waals surface area contributed by atoms with Gasteiger partial charge in [0.2, 0.25) is 5.91 Å². The zero-order chi connectivity index (χ0) is 21.6. The highest BCUT2D eigenvalue weighted by molar-refractivity contribution is 7.03. The maximum absolute atomic E-state index is 13.3. The van der Waals surface area contributed by atoms with Gasteiger partial charge in [0.05, 0.1) is 0 Å². The van der Waals surface area contributed by atoms with Crippen molar-refractivity contribution in [1.29, 1.82) is 0 Å². The van der Waals surface area contributed by atoms with Crippen LogP contribution in [0.3, 0.4) is 0 Å². The molecule has 0 aliphatic carbocycles. The zero-order valence-corrected chi connectivity index (χ0v) is 18.1. The van der Waals surface area contributed by atoms with Gasteiger partial charge in [-0.25, -0.2) is 0 Å². The summed E-state index contributed by atoms with van der Waals surface area (Å²) < 4.78 is 3.81. The minimum atomic E-state index is -0.837. The molecule has 2 aromatic heterocycles. The molecule has 0 saturated carbocycles. The van der Waals surface area contributed by atoms with E-state index in [0.717, 1.165) is 17.1 Å². The van der Waals surface area contributed by atoms with Gasteiger partial charge in [0.25, 0.3) is 5.91 Å². The third kappa shape index (κ3) is 5.70. The second kappa shape index (κ2) is 9.58. The van der Waals surface area contributed by atoms with E-state index in [4.69, 9.17) is 0 Å². The van der Waals surface area contributed by atoms with Crippen LogP contribution in [0.1, 0.15) is 48.4 Å². The summed E-state index contributed by atoms with van der Waals surface area (Å²) in [6.07, 6.45) is 3.86. The normalized spacial score (nSPS) is 12.2. The highest BCUT2D eigenvalue weighted by Crippen LogP contribution is 2.24. The summed E-state index contributed by atoms with van der Waals surface area (Å²) in [6, 6.07) is 12.6. The molecule has 0 spiro atoms. The van der Waals surface area contributed by atoms with E-state index in [0.29, 0.717) is 18.5 Å². The van der Waals surface area contributed by atoms with Crippen molar-refractivity contribution in [2.75, 3.05) is 6.54 Å². The Labute approximate surface area is 180 Å². The summed E-state index contributed by atoms with van der Waals surface area (Å²) in [5.74, 6) is -0.599. The van der Waals surface area contributed by atoms with E-state index in [-0.39, 0.29) is 17.5 Å². The first-order valence-corrected chi connectivity index (χ1v) is 10.5. The summed E-state index contributed by atoms with van der Waals surface area (Å²) in [4.78, 5) is 32.4. The molecule has 7 nitrogen and oxygen atoms in total. The molecule has 0 unspecified atom stereocenters. The maximum Gasteiger partial charge on any atom is 0.276 e. The summed E-state index contributed by atoms with van der Waals surface area (Å²) >= 11 is 1.10. The van der Waals surface area contributed by atoms with Crippen molar-refractivity contribution in [2.45, 2.75) is 38.8 Å². The highest BCUT2D eigenvalue weighted by atomic mass is 32.1. The molecule has 3 aromatic rings. The van der Waals surface area contributed by atoms with Gasteiger partial charge in [0.1, 0.15) is 6.04 Å². The fourth-order valence-electron chi connectivity index (χ4n) is 3.10. The van der Waals surface area contributed by atoms with Crippen molar-refractivity contribution >= 4 is 23.3 Å². The van der Waals surface area contributed by atoms with Crippen molar-refractivity contribution in [3.8, 4) is 0 Å². The minimum Gasteiger partial charge on any atom is -0.349 e. The molecular weight excluding hydrogens is 398 g/mol. The highest BCUT2D eigenvalue weighted by Gasteiger charge is 2.34. The van der Waals surface area contributed by atoms with Crippen molar-refractivity contribution in [2.24, 2.45) is 0 Å². The van der Waals surface area contributed by atoms with E-state index in [1.54, 1.807) is 28.7 Å². The Bertz CT molecular complexity index is 956. The number of carbonyl (C=O) groups is 2. The van der Waals surface area contributed by atoms with Crippen LogP contribution < -0.4 is 5.32 Å². The lowest BCUT2D eigenvalue weighted by atomic mass is 10.0. The van der Waals surface area contributed by atoms with Crippen LogP contribution in [0.5, 0.6) is 0 Å². The lowest BCUT2D eigenvalue weighted by Gasteiger charge is -2.33. The fraction of sp³-hybridized carbons (Fsp3) is 0.318. The van der Waals surface area contributed by atoms with Gasteiger partial charge in [0, 0.05) is 35.4 Å². The van der Waals surface area contributed by atoms with Crippen molar-refractivity contribution in [3.05, 3.63) is 77.1 Å². The first-order valence-electron chi connectivity index (χ1n) is 9.69. The monoisotopic (exact) mass is 423 g/mol. The molecule has 3 rings (SSSR count). The number of aromatic nitrogens is 3. The molecule has 0 saturated heterocycles. The van der Waals surface area contributed by atoms with Crippen LogP contribution in [0, 0.1) is 0 Å². The van der Waals surface area contributed by atoms with Crippen molar-refractivity contribution in [3.63, 3.8) is 0 Å². The molecule has 0 fully saturated rings. The average Bonchev–Trinajstić information content (AvgIpc) is 3.25. The fourth-order valence-corrected chi connectivity index (χ4v) is 3.53. The molecule has 0 radical (unpaired) electrons. The van der Waals surface area contributed by atoms with E-state index < -0.39 is 11.6 Å². The predicted octanol–water partition coefficient (Wildman–Crippen LogP) is 3.27. The zero-order valence-electron chi connectivity index (χ0n) is 17.3. The van der Waals surface area contributed by atoms with Gasteiger partial charge in [-0.05, 0) is 50.4 Å². The van der Waals surface area contributed by atoms with E-state index in [1.807, 2.05) is 57.2 Å². The second-order valence-electron chi connectivity index (χ2n) is 7.95. The third-order valence-corrected chi connectivity index (χ3v) is 4.89. The Kier molecular flexibility index (Phi) is 6.89. The Morgan fingerprint density at radius 1 is 1.13 bits per heavy atom. The summed E-state index contributed by atoms with van der Waals surface area (Å²) in [7, 11) is 0. The number of nitrogens with one attached hydrogen (secondary N) is 1. The third-order valence-electron chi connectivity index (χ3n) is 4.38. The van der Waals surface area contributed by atoms with Crippen molar-refractivity contribution < 1.29 is 9.59 Å². The molecule has 0 bridgehead atoms. The van der Waals surface area contributed by atoms with Crippen LogP contribution in [0.25, 0.3) is 0 Å². The molecule has 0 aliphatic rings. The van der Waals surface area contributed by atoms with Crippen LogP contribution >= 0.6 is 11.5 Å². The van der Waals surface area contributed by atoms with Crippen LogP contribution in [0.4, 0.5) is 0 Å². The molecule has 1 aromatic carbocycles. The number of pyridine rings is 1. The standard InChI is InChI=1S/C22H25N5O2S/c1-22(2,3)24-20(28)19(17-10-7-12-23-14-17)27(21(29)18-15-30-26-25-18)13-11-16-8-5-4-6-9-16/h4-10,12,14-15,19H,11,13H2,1-3H3,(H,24,28)/t19-/m0/s1. The van der Waals surface area contributed by atoms with Crippen LogP contribution in [-0.2, 0) is 11.2 Å².